The Morgan fingerprint density at radius 1 is 1.24 bits per heavy atom. The molecule has 0 aromatic heterocycles. The first-order chi connectivity index (χ1) is 9.85. The van der Waals surface area contributed by atoms with Crippen molar-refractivity contribution in [2.75, 3.05) is 20.2 Å². The van der Waals surface area contributed by atoms with Gasteiger partial charge >= 0.3 is 5.97 Å². The zero-order chi connectivity index (χ0) is 16.0. The molecule has 0 bridgehead atoms. The van der Waals surface area contributed by atoms with E-state index in [1.54, 1.807) is 36.1 Å². The minimum Gasteiger partial charge on any atom is -0.469 e. The molecule has 1 rings (SSSR count). The molecule has 0 saturated carbocycles. The Kier molecular flexibility index (Phi) is 6.69. The highest BCUT2D eigenvalue weighted by molar-refractivity contribution is 6.30. The van der Waals surface area contributed by atoms with Crippen LogP contribution in [0.4, 0.5) is 0 Å². The first-order valence-electron chi connectivity index (χ1n) is 6.97. The Balaban J connectivity index is 2.91. The topological polar surface area (TPSA) is 46.6 Å². The van der Waals surface area contributed by atoms with Crippen molar-refractivity contribution >= 4 is 23.5 Å². The Bertz CT molecular complexity index is 502. The van der Waals surface area contributed by atoms with Gasteiger partial charge in [-0.05, 0) is 24.1 Å². The Morgan fingerprint density at radius 3 is 2.43 bits per heavy atom. The van der Waals surface area contributed by atoms with Crippen LogP contribution in [-0.4, -0.2) is 37.0 Å². The number of methoxy groups -OCH3 is 1. The lowest BCUT2D eigenvalue weighted by Crippen LogP contribution is -2.39. The van der Waals surface area contributed by atoms with Gasteiger partial charge in [-0.15, -0.1) is 0 Å². The highest BCUT2D eigenvalue weighted by Crippen LogP contribution is 2.15. The maximum absolute atomic E-state index is 12.6. The number of ether oxygens (including phenoxy) is 1. The molecule has 1 unspecified atom stereocenters. The second-order valence-corrected chi connectivity index (χ2v) is 5.97. The summed E-state index contributed by atoms with van der Waals surface area (Å²) in [5.74, 6) is -0.500. The zero-order valence-corrected chi connectivity index (χ0v) is 13.7. The van der Waals surface area contributed by atoms with Crippen molar-refractivity contribution in [3.8, 4) is 0 Å². The molecule has 0 aliphatic heterocycles. The molecule has 0 aliphatic rings. The number of carbonyl (C=O) groups is 2. The third kappa shape index (κ3) is 5.38. The van der Waals surface area contributed by atoms with Crippen LogP contribution in [0.3, 0.4) is 0 Å². The summed E-state index contributed by atoms with van der Waals surface area (Å²) in [5.41, 5.74) is 0.528. The van der Waals surface area contributed by atoms with Crippen LogP contribution >= 0.6 is 11.6 Å². The second-order valence-electron chi connectivity index (χ2n) is 5.54. The van der Waals surface area contributed by atoms with Crippen molar-refractivity contribution in [1.82, 2.24) is 4.90 Å². The van der Waals surface area contributed by atoms with Gasteiger partial charge in [0.15, 0.2) is 0 Å². The van der Waals surface area contributed by atoms with Gasteiger partial charge in [-0.3, -0.25) is 9.59 Å². The summed E-state index contributed by atoms with van der Waals surface area (Å²) in [6.45, 7) is 6.72. The average molecular weight is 312 g/mol. The smallest absolute Gasteiger partial charge is 0.310 e. The SMILES string of the molecule is COC(=O)C(C)CN(CC(C)C)C(=O)c1cccc(Cl)c1. The first-order valence-corrected chi connectivity index (χ1v) is 7.35. The van der Waals surface area contributed by atoms with Crippen LogP contribution in [0.25, 0.3) is 0 Å². The predicted molar refractivity (Wildman–Crippen MR) is 83.4 cm³/mol. The van der Waals surface area contributed by atoms with Crippen molar-refractivity contribution in [3.63, 3.8) is 0 Å². The van der Waals surface area contributed by atoms with E-state index < -0.39 is 0 Å². The van der Waals surface area contributed by atoms with Gasteiger partial charge in [-0.1, -0.05) is 38.4 Å². The number of halogens is 1. The number of hydrogen-bond acceptors (Lipinski definition) is 3. The van der Waals surface area contributed by atoms with Crippen LogP contribution in [0.15, 0.2) is 24.3 Å². The van der Waals surface area contributed by atoms with E-state index in [1.807, 2.05) is 13.8 Å². The highest BCUT2D eigenvalue weighted by atomic mass is 35.5. The van der Waals surface area contributed by atoms with E-state index in [0.29, 0.717) is 29.6 Å². The quantitative estimate of drug-likeness (QED) is 0.758. The van der Waals surface area contributed by atoms with Crippen LogP contribution in [0.5, 0.6) is 0 Å². The molecule has 0 radical (unpaired) electrons. The predicted octanol–water partition coefficient (Wildman–Crippen LogP) is 3.25. The summed E-state index contributed by atoms with van der Waals surface area (Å²) >= 11 is 5.93. The first kappa shape index (κ1) is 17.5. The highest BCUT2D eigenvalue weighted by Gasteiger charge is 2.23. The Labute approximate surface area is 131 Å². The second kappa shape index (κ2) is 8.03. The van der Waals surface area contributed by atoms with Crippen LogP contribution in [0.1, 0.15) is 31.1 Å². The van der Waals surface area contributed by atoms with Crippen LogP contribution in [0, 0.1) is 11.8 Å². The molecular formula is C16H22ClNO3. The molecule has 1 aromatic carbocycles. The maximum atomic E-state index is 12.6. The van der Waals surface area contributed by atoms with Gasteiger partial charge in [0.1, 0.15) is 0 Å². The zero-order valence-electron chi connectivity index (χ0n) is 12.9. The number of nitrogens with zero attached hydrogens (tertiary/aromatic N) is 1. The lowest BCUT2D eigenvalue weighted by molar-refractivity contribution is -0.145. The molecule has 1 aromatic rings. The van der Waals surface area contributed by atoms with E-state index in [1.165, 1.54) is 7.11 Å². The molecule has 1 atom stereocenters. The molecule has 0 N–H and O–H groups in total. The molecule has 116 valence electrons. The summed E-state index contributed by atoms with van der Waals surface area (Å²) in [6.07, 6.45) is 0. The van der Waals surface area contributed by atoms with E-state index >= 15 is 0 Å². The van der Waals surface area contributed by atoms with Gasteiger partial charge in [-0.2, -0.15) is 0 Å². The third-order valence-electron chi connectivity index (χ3n) is 3.04. The van der Waals surface area contributed by atoms with E-state index in [4.69, 9.17) is 16.3 Å². The molecule has 0 spiro atoms. The number of amides is 1. The molecular weight excluding hydrogens is 290 g/mol. The molecule has 5 heteroatoms. The van der Waals surface area contributed by atoms with Gasteiger partial charge in [0.05, 0.1) is 13.0 Å². The number of esters is 1. The molecule has 0 saturated heterocycles. The maximum Gasteiger partial charge on any atom is 0.310 e. The van der Waals surface area contributed by atoms with Gasteiger partial charge in [0.25, 0.3) is 5.91 Å². The van der Waals surface area contributed by atoms with Crippen molar-refractivity contribution < 1.29 is 14.3 Å². The van der Waals surface area contributed by atoms with E-state index in [-0.39, 0.29) is 17.8 Å². The van der Waals surface area contributed by atoms with Crippen LogP contribution in [-0.2, 0) is 9.53 Å². The van der Waals surface area contributed by atoms with Crippen LogP contribution < -0.4 is 0 Å². The third-order valence-corrected chi connectivity index (χ3v) is 3.28. The lowest BCUT2D eigenvalue weighted by atomic mass is 10.1. The molecule has 0 aliphatic carbocycles. The minimum absolute atomic E-state index is 0.123. The average Bonchev–Trinajstić information content (AvgIpc) is 2.44. The molecule has 4 nitrogen and oxygen atoms in total. The van der Waals surface area contributed by atoms with E-state index in [9.17, 15) is 9.59 Å². The van der Waals surface area contributed by atoms with E-state index in [0.717, 1.165) is 0 Å². The summed E-state index contributed by atoms with van der Waals surface area (Å²) in [5, 5.41) is 0.520. The normalized spacial score (nSPS) is 12.1. The van der Waals surface area contributed by atoms with Crippen molar-refractivity contribution in [1.29, 1.82) is 0 Å². The van der Waals surface area contributed by atoms with Crippen molar-refractivity contribution in [2.45, 2.75) is 20.8 Å². The Morgan fingerprint density at radius 2 is 1.90 bits per heavy atom. The van der Waals surface area contributed by atoms with Gasteiger partial charge < -0.3 is 9.64 Å². The van der Waals surface area contributed by atoms with Crippen LogP contribution in [0.2, 0.25) is 5.02 Å². The van der Waals surface area contributed by atoms with Crippen molar-refractivity contribution in [2.24, 2.45) is 11.8 Å². The van der Waals surface area contributed by atoms with Gasteiger partial charge in [-0.25, -0.2) is 0 Å². The largest absolute Gasteiger partial charge is 0.469 e. The standard InChI is InChI=1S/C16H22ClNO3/c1-11(2)9-18(10-12(3)16(20)21-4)15(19)13-6-5-7-14(17)8-13/h5-8,11-12H,9-10H2,1-4H3. The summed E-state index contributed by atoms with van der Waals surface area (Å²) in [7, 11) is 1.35. The van der Waals surface area contributed by atoms with E-state index in [2.05, 4.69) is 0 Å². The van der Waals surface area contributed by atoms with Gasteiger partial charge in [0, 0.05) is 23.7 Å². The minimum atomic E-state index is -0.364. The molecule has 0 fully saturated rings. The number of hydrogen-bond donors (Lipinski definition) is 0. The fraction of sp³-hybridized carbons (Fsp3) is 0.500. The monoisotopic (exact) mass is 311 g/mol. The summed E-state index contributed by atoms with van der Waals surface area (Å²) in [6, 6.07) is 6.83. The van der Waals surface area contributed by atoms with Crippen molar-refractivity contribution in [3.05, 3.63) is 34.9 Å². The Hall–Kier alpha value is -1.55. The number of rotatable bonds is 6. The molecule has 21 heavy (non-hydrogen) atoms. The summed E-state index contributed by atoms with van der Waals surface area (Å²) in [4.78, 5) is 25.8. The van der Waals surface area contributed by atoms with Gasteiger partial charge in [0.2, 0.25) is 0 Å². The molecule has 1 amide bonds. The number of benzene rings is 1. The molecule has 0 heterocycles. The summed E-state index contributed by atoms with van der Waals surface area (Å²) < 4.78 is 4.72. The lowest BCUT2D eigenvalue weighted by Gasteiger charge is -2.27. The fourth-order valence-electron chi connectivity index (χ4n) is 2.09. The fourth-order valence-corrected chi connectivity index (χ4v) is 2.28. The number of carbonyl (C=O) groups excluding carboxylic acids is 2.